The molecule has 1 atom stereocenters. The average Bonchev–Trinajstić information content (AvgIpc) is 2.33. The maximum Gasteiger partial charge on any atom is 0.130 e. The number of hydrogen-bond donors (Lipinski definition) is 1. The molecular weight excluding hydrogens is 319 g/mol. The van der Waals surface area contributed by atoms with Crippen LogP contribution in [0.2, 0.25) is 5.02 Å². The standard InChI is InChI=1S/C14H11BrClFO/c1-8-4-2-3-5-9(8)14(18)10-6-12(16)11(15)7-13(10)17/h2-7,14,18H,1H3. The van der Waals surface area contributed by atoms with Crippen LogP contribution in [0, 0.1) is 12.7 Å². The van der Waals surface area contributed by atoms with Crippen molar-refractivity contribution in [2.45, 2.75) is 13.0 Å². The van der Waals surface area contributed by atoms with E-state index >= 15 is 0 Å². The number of benzene rings is 2. The molecular formula is C14H11BrClFO. The van der Waals surface area contributed by atoms with E-state index in [9.17, 15) is 9.50 Å². The summed E-state index contributed by atoms with van der Waals surface area (Å²) in [5.74, 6) is -0.484. The Kier molecular flexibility index (Phi) is 4.05. The Morgan fingerprint density at radius 2 is 1.89 bits per heavy atom. The zero-order valence-corrected chi connectivity index (χ0v) is 12.0. The van der Waals surface area contributed by atoms with Gasteiger partial charge in [-0.2, -0.15) is 0 Å². The molecule has 0 radical (unpaired) electrons. The fraction of sp³-hybridized carbons (Fsp3) is 0.143. The summed E-state index contributed by atoms with van der Waals surface area (Å²) in [6.45, 7) is 1.87. The van der Waals surface area contributed by atoms with Crippen LogP contribution in [0.3, 0.4) is 0 Å². The molecule has 18 heavy (non-hydrogen) atoms. The Labute approximate surface area is 118 Å². The highest BCUT2D eigenvalue weighted by Gasteiger charge is 2.18. The van der Waals surface area contributed by atoms with Crippen LogP contribution in [0.5, 0.6) is 0 Å². The zero-order valence-electron chi connectivity index (χ0n) is 9.62. The van der Waals surface area contributed by atoms with Gasteiger partial charge in [-0.3, -0.25) is 0 Å². The fourth-order valence-electron chi connectivity index (χ4n) is 1.81. The molecule has 0 spiro atoms. The average molecular weight is 330 g/mol. The number of aryl methyl sites for hydroxylation is 1. The molecule has 0 aliphatic carbocycles. The SMILES string of the molecule is Cc1ccccc1C(O)c1cc(Cl)c(Br)cc1F. The van der Waals surface area contributed by atoms with Crippen LogP contribution in [0.25, 0.3) is 0 Å². The fourth-order valence-corrected chi connectivity index (χ4v) is 2.30. The summed E-state index contributed by atoms with van der Waals surface area (Å²) in [7, 11) is 0. The van der Waals surface area contributed by atoms with Gasteiger partial charge in [0.25, 0.3) is 0 Å². The van der Waals surface area contributed by atoms with E-state index in [0.29, 0.717) is 15.1 Å². The van der Waals surface area contributed by atoms with E-state index in [2.05, 4.69) is 15.9 Å². The van der Waals surface area contributed by atoms with Crippen LogP contribution in [-0.4, -0.2) is 5.11 Å². The summed E-state index contributed by atoms with van der Waals surface area (Å²) in [5.41, 5.74) is 1.76. The minimum Gasteiger partial charge on any atom is -0.384 e. The Morgan fingerprint density at radius 1 is 1.22 bits per heavy atom. The Hall–Kier alpha value is -0.900. The number of aliphatic hydroxyl groups excluding tert-OH is 1. The first-order valence-corrected chi connectivity index (χ1v) is 6.56. The van der Waals surface area contributed by atoms with Gasteiger partial charge in [-0.05, 0) is 46.1 Å². The number of halogens is 3. The molecule has 1 nitrogen and oxygen atoms in total. The van der Waals surface area contributed by atoms with Crippen LogP contribution >= 0.6 is 27.5 Å². The second-order valence-corrected chi connectivity index (χ2v) is 5.31. The zero-order chi connectivity index (χ0) is 13.3. The van der Waals surface area contributed by atoms with Gasteiger partial charge in [0.1, 0.15) is 11.9 Å². The van der Waals surface area contributed by atoms with Gasteiger partial charge >= 0.3 is 0 Å². The second-order valence-electron chi connectivity index (χ2n) is 4.05. The molecule has 0 saturated carbocycles. The monoisotopic (exact) mass is 328 g/mol. The molecule has 0 saturated heterocycles. The minimum absolute atomic E-state index is 0.178. The van der Waals surface area contributed by atoms with Gasteiger partial charge in [0.15, 0.2) is 0 Å². The summed E-state index contributed by atoms with van der Waals surface area (Å²) in [4.78, 5) is 0. The molecule has 0 aliphatic rings. The van der Waals surface area contributed by atoms with Crippen molar-refractivity contribution in [2.75, 3.05) is 0 Å². The molecule has 0 amide bonds. The number of aliphatic hydroxyl groups is 1. The molecule has 1 N–H and O–H groups in total. The first kappa shape index (κ1) is 13.5. The normalized spacial score (nSPS) is 12.5. The largest absolute Gasteiger partial charge is 0.384 e. The highest BCUT2D eigenvalue weighted by molar-refractivity contribution is 9.10. The van der Waals surface area contributed by atoms with E-state index in [1.807, 2.05) is 25.1 Å². The van der Waals surface area contributed by atoms with Gasteiger partial charge in [0.05, 0.1) is 5.02 Å². The van der Waals surface area contributed by atoms with Crippen LogP contribution in [-0.2, 0) is 0 Å². The third-order valence-electron chi connectivity index (χ3n) is 2.82. The topological polar surface area (TPSA) is 20.2 Å². The maximum absolute atomic E-state index is 13.8. The Morgan fingerprint density at radius 3 is 2.56 bits per heavy atom. The third-order valence-corrected chi connectivity index (χ3v) is 4.01. The number of hydrogen-bond acceptors (Lipinski definition) is 1. The first-order chi connectivity index (χ1) is 8.50. The summed E-state index contributed by atoms with van der Waals surface area (Å²) in [6.07, 6.45) is -1.02. The first-order valence-electron chi connectivity index (χ1n) is 5.38. The van der Waals surface area contributed by atoms with Crippen LogP contribution in [0.1, 0.15) is 22.8 Å². The highest BCUT2D eigenvalue weighted by atomic mass is 79.9. The van der Waals surface area contributed by atoms with E-state index in [1.165, 1.54) is 12.1 Å². The number of rotatable bonds is 2. The molecule has 0 fully saturated rings. The molecule has 2 aromatic rings. The van der Waals surface area contributed by atoms with E-state index in [-0.39, 0.29) is 5.56 Å². The Bertz CT molecular complexity index is 586. The predicted molar refractivity (Wildman–Crippen MR) is 74.4 cm³/mol. The van der Waals surface area contributed by atoms with Gasteiger partial charge in [0.2, 0.25) is 0 Å². The summed E-state index contributed by atoms with van der Waals surface area (Å²) < 4.78 is 14.3. The van der Waals surface area contributed by atoms with Gasteiger partial charge < -0.3 is 5.11 Å². The molecule has 4 heteroatoms. The Balaban J connectivity index is 2.50. The van der Waals surface area contributed by atoms with E-state index in [4.69, 9.17) is 11.6 Å². The summed E-state index contributed by atoms with van der Waals surface area (Å²) in [6, 6.07) is 10.0. The van der Waals surface area contributed by atoms with Crippen molar-refractivity contribution in [2.24, 2.45) is 0 Å². The molecule has 2 rings (SSSR count). The van der Waals surface area contributed by atoms with Crippen molar-refractivity contribution < 1.29 is 9.50 Å². The van der Waals surface area contributed by atoms with Gasteiger partial charge in [-0.25, -0.2) is 4.39 Å². The van der Waals surface area contributed by atoms with E-state index < -0.39 is 11.9 Å². The van der Waals surface area contributed by atoms with Gasteiger partial charge in [0, 0.05) is 10.0 Å². The second kappa shape index (κ2) is 5.39. The van der Waals surface area contributed by atoms with Crippen LogP contribution < -0.4 is 0 Å². The molecule has 0 aromatic heterocycles. The van der Waals surface area contributed by atoms with Crippen molar-refractivity contribution in [3.05, 3.63) is 68.4 Å². The van der Waals surface area contributed by atoms with E-state index in [0.717, 1.165) is 5.56 Å². The van der Waals surface area contributed by atoms with Gasteiger partial charge in [-0.15, -0.1) is 0 Å². The maximum atomic E-state index is 13.8. The lowest BCUT2D eigenvalue weighted by molar-refractivity contribution is 0.214. The smallest absolute Gasteiger partial charge is 0.130 e. The molecule has 1 unspecified atom stereocenters. The van der Waals surface area contributed by atoms with Gasteiger partial charge in [-0.1, -0.05) is 35.9 Å². The highest BCUT2D eigenvalue weighted by Crippen LogP contribution is 2.32. The van der Waals surface area contributed by atoms with Crippen LogP contribution in [0.4, 0.5) is 4.39 Å². The molecule has 0 aliphatic heterocycles. The van der Waals surface area contributed by atoms with Crippen molar-refractivity contribution in [1.82, 2.24) is 0 Å². The third kappa shape index (κ3) is 2.58. The van der Waals surface area contributed by atoms with Crippen molar-refractivity contribution in [1.29, 1.82) is 0 Å². The summed E-state index contributed by atoms with van der Waals surface area (Å²) in [5, 5.41) is 10.6. The quantitative estimate of drug-likeness (QED) is 0.796. The lowest BCUT2D eigenvalue weighted by Crippen LogP contribution is -2.04. The van der Waals surface area contributed by atoms with Crippen molar-refractivity contribution in [3.63, 3.8) is 0 Å². The lowest BCUT2D eigenvalue weighted by Gasteiger charge is -2.15. The molecule has 94 valence electrons. The summed E-state index contributed by atoms with van der Waals surface area (Å²) >= 11 is 9.08. The molecule has 2 aromatic carbocycles. The molecule has 0 heterocycles. The lowest BCUT2D eigenvalue weighted by atomic mass is 9.97. The van der Waals surface area contributed by atoms with Crippen molar-refractivity contribution in [3.8, 4) is 0 Å². The van der Waals surface area contributed by atoms with Crippen LogP contribution in [0.15, 0.2) is 40.9 Å². The predicted octanol–water partition coefficient (Wildman–Crippen LogP) is 4.63. The minimum atomic E-state index is -1.02. The van der Waals surface area contributed by atoms with E-state index in [1.54, 1.807) is 6.07 Å². The molecule has 0 bridgehead atoms. The van der Waals surface area contributed by atoms with Crippen molar-refractivity contribution >= 4 is 27.5 Å².